The van der Waals surface area contributed by atoms with Gasteiger partial charge >= 0.3 is 6.03 Å². The number of anilines is 1. The van der Waals surface area contributed by atoms with Gasteiger partial charge in [0.1, 0.15) is 0 Å². The predicted molar refractivity (Wildman–Crippen MR) is 118 cm³/mol. The van der Waals surface area contributed by atoms with Crippen molar-refractivity contribution in [2.75, 3.05) is 18.4 Å². The van der Waals surface area contributed by atoms with Crippen molar-refractivity contribution in [3.63, 3.8) is 0 Å². The Morgan fingerprint density at radius 1 is 0.968 bits per heavy atom. The molecule has 6 nitrogen and oxygen atoms in total. The maximum absolute atomic E-state index is 12.9. The molecule has 2 fully saturated rings. The number of carbonyl (C=O) groups is 3. The fraction of sp³-hybridized carbons (Fsp3) is 0.375. The van der Waals surface area contributed by atoms with E-state index in [9.17, 15) is 14.4 Å². The molecule has 2 aromatic rings. The van der Waals surface area contributed by atoms with E-state index >= 15 is 0 Å². The first kappa shape index (κ1) is 20.1. The standard InChI is InChI=1S/C24H24ClN3O3/c25-17-7-5-15(6-8-17)22(29)19-13-20(19)23(30)27-11-9-18(10-12-27)28-14-16-3-1-2-4-21(16)26-24(28)31/h1-8,18-20H,9-14H2,(H,26,31). The van der Waals surface area contributed by atoms with Crippen LogP contribution in [0.15, 0.2) is 48.5 Å². The number of fused-ring (bicyclic) bond motifs is 1. The summed E-state index contributed by atoms with van der Waals surface area (Å²) in [5.74, 6) is -0.353. The molecule has 3 aliphatic rings. The van der Waals surface area contributed by atoms with Crippen LogP contribution in [0, 0.1) is 11.8 Å². The van der Waals surface area contributed by atoms with E-state index in [2.05, 4.69) is 5.32 Å². The van der Waals surface area contributed by atoms with Crippen LogP contribution in [0.5, 0.6) is 0 Å². The van der Waals surface area contributed by atoms with Gasteiger partial charge in [0, 0.05) is 53.8 Å². The van der Waals surface area contributed by atoms with Gasteiger partial charge in [0.25, 0.3) is 0 Å². The van der Waals surface area contributed by atoms with Crippen molar-refractivity contribution in [3.05, 3.63) is 64.7 Å². The minimum Gasteiger partial charge on any atom is -0.342 e. The molecule has 0 aromatic heterocycles. The Kier molecular flexibility index (Phi) is 5.18. The molecule has 1 N–H and O–H groups in total. The smallest absolute Gasteiger partial charge is 0.322 e. The van der Waals surface area contributed by atoms with Crippen molar-refractivity contribution in [1.82, 2.24) is 9.80 Å². The number of ketones is 1. The van der Waals surface area contributed by atoms with Crippen molar-refractivity contribution in [2.24, 2.45) is 11.8 Å². The molecule has 2 heterocycles. The third-order valence-electron chi connectivity index (χ3n) is 6.65. The largest absolute Gasteiger partial charge is 0.342 e. The predicted octanol–water partition coefficient (Wildman–Crippen LogP) is 4.20. The summed E-state index contributed by atoms with van der Waals surface area (Å²) >= 11 is 5.89. The number of halogens is 1. The second-order valence-electron chi connectivity index (χ2n) is 8.59. The lowest BCUT2D eigenvalue weighted by atomic mass is 10.00. The van der Waals surface area contributed by atoms with E-state index in [1.165, 1.54) is 0 Å². The molecule has 3 amide bonds. The number of carbonyl (C=O) groups excluding carboxylic acids is 3. The molecule has 0 spiro atoms. The van der Waals surface area contributed by atoms with Gasteiger partial charge in [0.2, 0.25) is 5.91 Å². The van der Waals surface area contributed by atoms with E-state index in [1.807, 2.05) is 34.1 Å². The van der Waals surface area contributed by atoms with Crippen LogP contribution in [0.3, 0.4) is 0 Å². The van der Waals surface area contributed by atoms with Crippen molar-refractivity contribution < 1.29 is 14.4 Å². The molecule has 1 saturated carbocycles. The van der Waals surface area contributed by atoms with E-state index in [1.54, 1.807) is 24.3 Å². The lowest BCUT2D eigenvalue weighted by Gasteiger charge is -2.40. The molecule has 7 heteroatoms. The van der Waals surface area contributed by atoms with Gasteiger partial charge < -0.3 is 15.1 Å². The Hall–Kier alpha value is -2.86. The van der Waals surface area contributed by atoms with E-state index in [0.29, 0.717) is 36.6 Å². The highest BCUT2D eigenvalue weighted by Gasteiger charge is 2.50. The van der Waals surface area contributed by atoms with Crippen molar-refractivity contribution in [2.45, 2.75) is 31.8 Å². The van der Waals surface area contributed by atoms with Crippen molar-refractivity contribution >= 4 is 35.0 Å². The number of para-hydroxylation sites is 1. The molecular weight excluding hydrogens is 414 g/mol. The molecule has 1 saturated heterocycles. The summed E-state index contributed by atoms with van der Waals surface area (Å²) in [6.07, 6.45) is 2.12. The number of piperidine rings is 1. The molecule has 31 heavy (non-hydrogen) atoms. The van der Waals surface area contributed by atoms with E-state index in [-0.39, 0.29) is 35.6 Å². The Labute approximate surface area is 186 Å². The Morgan fingerprint density at radius 3 is 2.42 bits per heavy atom. The molecule has 2 aliphatic heterocycles. The fourth-order valence-electron chi connectivity index (χ4n) is 4.74. The third-order valence-corrected chi connectivity index (χ3v) is 6.90. The van der Waals surface area contributed by atoms with Crippen molar-refractivity contribution in [3.8, 4) is 0 Å². The first-order valence-electron chi connectivity index (χ1n) is 10.8. The van der Waals surface area contributed by atoms with Gasteiger partial charge in [-0.25, -0.2) is 4.79 Å². The SMILES string of the molecule is O=C(c1ccc(Cl)cc1)C1CC1C(=O)N1CCC(N2Cc3ccccc3NC2=O)CC1. The Bertz CT molecular complexity index is 1030. The maximum atomic E-state index is 12.9. The number of Topliss-reactive ketones (excluding diaryl/α,β-unsaturated/α-hetero) is 1. The number of amides is 3. The fourth-order valence-corrected chi connectivity index (χ4v) is 4.86. The quantitative estimate of drug-likeness (QED) is 0.729. The number of rotatable bonds is 4. The summed E-state index contributed by atoms with van der Waals surface area (Å²) in [5.41, 5.74) is 2.60. The zero-order chi connectivity index (χ0) is 21.5. The van der Waals surface area contributed by atoms with Crippen LogP contribution in [-0.4, -0.2) is 46.7 Å². The lowest BCUT2D eigenvalue weighted by Crippen LogP contribution is -2.51. The van der Waals surface area contributed by atoms with Gasteiger partial charge in [-0.1, -0.05) is 29.8 Å². The van der Waals surface area contributed by atoms with Crippen LogP contribution >= 0.6 is 11.6 Å². The number of urea groups is 1. The number of nitrogens with zero attached hydrogens (tertiary/aromatic N) is 2. The third kappa shape index (κ3) is 3.92. The zero-order valence-electron chi connectivity index (χ0n) is 17.1. The van der Waals surface area contributed by atoms with Gasteiger partial charge in [0.05, 0.1) is 0 Å². The maximum Gasteiger partial charge on any atom is 0.322 e. The van der Waals surface area contributed by atoms with Crippen LogP contribution in [-0.2, 0) is 11.3 Å². The molecule has 2 atom stereocenters. The molecular formula is C24H24ClN3O3. The summed E-state index contributed by atoms with van der Waals surface area (Å²) in [7, 11) is 0. The second kappa shape index (κ2) is 8.00. The zero-order valence-corrected chi connectivity index (χ0v) is 17.8. The summed E-state index contributed by atoms with van der Waals surface area (Å²) in [6.45, 7) is 1.83. The molecule has 5 rings (SSSR count). The van der Waals surface area contributed by atoms with Crippen LogP contribution < -0.4 is 5.32 Å². The second-order valence-corrected chi connectivity index (χ2v) is 9.03. The molecule has 1 aliphatic carbocycles. The number of benzene rings is 2. The van der Waals surface area contributed by atoms with Crippen LogP contribution in [0.25, 0.3) is 0 Å². The topological polar surface area (TPSA) is 69.7 Å². The number of hydrogen-bond acceptors (Lipinski definition) is 3. The lowest BCUT2D eigenvalue weighted by molar-refractivity contribution is -0.134. The van der Waals surface area contributed by atoms with E-state index in [0.717, 1.165) is 24.1 Å². The van der Waals surface area contributed by atoms with Gasteiger partial charge in [-0.2, -0.15) is 0 Å². The summed E-state index contributed by atoms with van der Waals surface area (Å²) in [4.78, 5) is 41.9. The van der Waals surface area contributed by atoms with Gasteiger partial charge in [-0.05, 0) is 55.2 Å². The molecule has 0 radical (unpaired) electrons. The van der Waals surface area contributed by atoms with E-state index < -0.39 is 0 Å². The highest BCUT2D eigenvalue weighted by Crippen LogP contribution is 2.43. The van der Waals surface area contributed by atoms with Crippen molar-refractivity contribution in [1.29, 1.82) is 0 Å². The van der Waals surface area contributed by atoms with Crippen LogP contribution in [0.1, 0.15) is 35.2 Å². The monoisotopic (exact) mass is 437 g/mol. The van der Waals surface area contributed by atoms with Crippen LogP contribution in [0.4, 0.5) is 10.5 Å². The average Bonchev–Trinajstić information content (AvgIpc) is 3.59. The number of likely N-dealkylation sites (tertiary alicyclic amines) is 1. The number of hydrogen-bond donors (Lipinski definition) is 1. The Morgan fingerprint density at radius 2 is 1.68 bits per heavy atom. The molecule has 2 aromatic carbocycles. The number of nitrogens with one attached hydrogen (secondary N) is 1. The molecule has 0 bridgehead atoms. The summed E-state index contributed by atoms with van der Waals surface area (Å²) in [5, 5.41) is 3.56. The highest BCUT2D eigenvalue weighted by molar-refractivity contribution is 6.30. The first-order chi connectivity index (χ1) is 15.0. The minimum absolute atomic E-state index is 0.0218. The molecule has 2 unspecified atom stereocenters. The average molecular weight is 438 g/mol. The van der Waals surface area contributed by atoms with Gasteiger partial charge in [-0.15, -0.1) is 0 Å². The van der Waals surface area contributed by atoms with Gasteiger partial charge in [-0.3, -0.25) is 9.59 Å². The summed E-state index contributed by atoms with van der Waals surface area (Å²) < 4.78 is 0. The van der Waals surface area contributed by atoms with Gasteiger partial charge in [0.15, 0.2) is 5.78 Å². The molecule has 160 valence electrons. The minimum atomic E-state index is -0.226. The normalized spacial score (nSPS) is 23.2. The van der Waals surface area contributed by atoms with Crippen LogP contribution in [0.2, 0.25) is 5.02 Å². The Balaban J connectivity index is 1.16. The highest BCUT2D eigenvalue weighted by atomic mass is 35.5. The summed E-state index contributed by atoms with van der Waals surface area (Å²) in [6, 6.07) is 14.7. The van der Waals surface area contributed by atoms with E-state index in [4.69, 9.17) is 11.6 Å². The first-order valence-corrected chi connectivity index (χ1v) is 11.1.